The normalized spacial score (nSPS) is 37.8. The Labute approximate surface area is 93.6 Å². The van der Waals surface area contributed by atoms with Crippen molar-refractivity contribution in [2.75, 3.05) is 33.7 Å². The van der Waals surface area contributed by atoms with Gasteiger partial charge in [0.1, 0.15) is 0 Å². The standard InChI is InChI=1S/C12H25N3/c1-10-6-12(8-13,9-14(10)2)15(3)7-11-4-5-11/h10-11H,4-9,13H2,1-3H3. The molecule has 0 spiro atoms. The molecule has 3 heteroatoms. The molecule has 2 fully saturated rings. The lowest BCUT2D eigenvalue weighted by atomic mass is 9.94. The van der Waals surface area contributed by atoms with Gasteiger partial charge in [-0.2, -0.15) is 0 Å². The molecule has 1 saturated carbocycles. The summed E-state index contributed by atoms with van der Waals surface area (Å²) in [4.78, 5) is 4.97. The van der Waals surface area contributed by atoms with Crippen LogP contribution < -0.4 is 5.73 Å². The van der Waals surface area contributed by atoms with E-state index >= 15 is 0 Å². The Morgan fingerprint density at radius 2 is 2.13 bits per heavy atom. The molecule has 1 heterocycles. The number of rotatable bonds is 4. The van der Waals surface area contributed by atoms with Gasteiger partial charge in [-0.05, 0) is 46.2 Å². The molecule has 2 unspecified atom stereocenters. The first-order chi connectivity index (χ1) is 7.07. The fourth-order valence-electron chi connectivity index (χ4n) is 2.85. The van der Waals surface area contributed by atoms with Gasteiger partial charge >= 0.3 is 0 Å². The predicted octanol–water partition coefficient (Wildman–Crippen LogP) is 0.750. The van der Waals surface area contributed by atoms with E-state index < -0.39 is 0 Å². The number of likely N-dealkylation sites (N-methyl/N-ethyl adjacent to an activating group) is 2. The van der Waals surface area contributed by atoms with Crippen LogP contribution >= 0.6 is 0 Å². The molecule has 1 aliphatic heterocycles. The maximum atomic E-state index is 6.02. The first-order valence-corrected chi connectivity index (χ1v) is 6.19. The summed E-state index contributed by atoms with van der Waals surface area (Å²) in [5.74, 6) is 0.958. The van der Waals surface area contributed by atoms with Crippen LogP contribution in [0.4, 0.5) is 0 Å². The lowest BCUT2D eigenvalue weighted by Gasteiger charge is -2.38. The highest BCUT2D eigenvalue weighted by atomic mass is 15.3. The Morgan fingerprint density at radius 3 is 2.53 bits per heavy atom. The molecule has 0 bridgehead atoms. The minimum absolute atomic E-state index is 0.247. The summed E-state index contributed by atoms with van der Waals surface area (Å²) < 4.78 is 0. The van der Waals surface area contributed by atoms with Crippen LogP contribution in [-0.2, 0) is 0 Å². The van der Waals surface area contributed by atoms with Gasteiger partial charge in [0.05, 0.1) is 0 Å². The summed E-state index contributed by atoms with van der Waals surface area (Å²) >= 11 is 0. The van der Waals surface area contributed by atoms with Gasteiger partial charge in [0.2, 0.25) is 0 Å². The van der Waals surface area contributed by atoms with E-state index in [1.165, 1.54) is 25.8 Å². The predicted molar refractivity (Wildman–Crippen MR) is 63.8 cm³/mol. The van der Waals surface area contributed by atoms with Crippen LogP contribution in [0.15, 0.2) is 0 Å². The van der Waals surface area contributed by atoms with Gasteiger partial charge in [-0.3, -0.25) is 4.90 Å². The van der Waals surface area contributed by atoms with Crippen molar-refractivity contribution in [1.29, 1.82) is 0 Å². The number of likely N-dealkylation sites (tertiary alicyclic amines) is 1. The lowest BCUT2D eigenvalue weighted by molar-refractivity contribution is 0.128. The summed E-state index contributed by atoms with van der Waals surface area (Å²) in [7, 11) is 4.48. The fraction of sp³-hybridized carbons (Fsp3) is 1.00. The maximum Gasteiger partial charge on any atom is 0.0470 e. The summed E-state index contributed by atoms with van der Waals surface area (Å²) in [5.41, 5.74) is 6.27. The van der Waals surface area contributed by atoms with Gasteiger partial charge in [-0.15, -0.1) is 0 Å². The topological polar surface area (TPSA) is 32.5 Å². The van der Waals surface area contributed by atoms with E-state index in [4.69, 9.17) is 5.73 Å². The van der Waals surface area contributed by atoms with Crippen LogP contribution in [0.2, 0.25) is 0 Å². The zero-order valence-electron chi connectivity index (χ0n) is 10.4. The van der Waals surface area contributed by atoms with E-state index in [9.17, 15) is 0 Å². The molecule has 1 saturated heterocycles. The molecule has 0 aromatic rings. The molecular weight excluding hydrogens is 186 g/mol. The largest absolute Gasteiger partial charge is 0.329 e. The second-order valence-electron chi connectivity index (χ2n) is 5.72. The monoisotopic (exact) mass is 211 g/mol. The van der Waals surface area contributed by atoms with Crippen LogP contribution in [0.3, 0.4) is 0 Å². The molecular formula is C12H25N3. The van der Waals surface area contributed by atoms with Gasteiger partial charge in [-0.25, -0.2) is 0 Å². The molecule has 0 radical (unpaired) electrons. The van der Waals surface area contributed by atoms with Crippen LogP contribution in [0.1, 0.15) is 26.2 Å². The van der Waals surface area contributed by atoms with Crippen LogP contribution in [-0.4, -0.2) is 55.1 Å². The summed E-state index contributed by atoms with van der Waals surface area (Å²) in [6.07, 6.45) is 4.08. The molecule has 1 aliphatic carbocycles. The minimum atomic E-state index is 0.247. The first-order valence-electron chi connectivity index (χ1n) is 6.19. The Morgan fingerprint density at radius 1 is 1.47 bits per heavy atom. The van der Waals surface area contributed by atoms with Crippen LogP contribution in [0.5, 0.6) is 0 Å². The van der Waals surface area contributed by atoms with Crippen LogP contribution in [0.25, 0.3) is 0 Å². The van der Waals surface area contributed by atoms with Gasteiger partial charge in [0, 0.05) is 31.2 Å². The van der Waals surface area contributed by atoms with Crippen molar-refractivity contribution in [3.8, 4) is 0 Å². The zero-order valence-corrected chi connectivity index (χ0v) is 10.4. The minimum Gasteiger partial charge on any atom is -0.329 e. The molecule has 2 rings (SSSR count). The third-order valence-electron chi connectivity index (χ3n) is 4.39. The molecule has 15 heavy (non-hydrogen) atoms. The van der Waals surface area contributed by atoms with Crippen molar-refractivity contribution in [3.63, 3.8) is 0 Å². The van der Waals surface area contributed by atoms with Gasteiger partial charge in [0.25, 0.3) is 0 Å². The van der Waals surface area contributed by atoms with Crippen molar-refractivity contribution in [3.05, 3.63) is 0 Å². The second-order valence-corrected chi connectivity index (χ2v) is 5.72. The highest BCUT2D eigenvalue weighted by molar-refractivity contribution is 5.02. The van der Waals surface area contributed by atoms with E-state index in [2.05, 4.69) is 30.8 Å². The Kier molecular flexibility index (Phi) is 3.06. The number of hydrogen-bond donors (Lipinski definition) is 1. The van der Waals surface area contributed by atoms with Crippen molar-refractivity contribution in [2.24, 2.45) is 11.7 Å². The van der Waals surface area contributed by atoms with E-state index in [1.807, 2.05) is 0 Å². The summed E-state index contributed by atoms with van der Waals surface area (Å²) in [6.45, 7) is 5.49. The van der Waals surface area contributed by atoms with Crippen molar-refractivity contribution in [1.82, 2.24) is 9.80 Å². The number of nitrogens with two attached hydrogens (primary N) is 1. The highest BCUT2D eigenvalue weighted by Crippen LogP contribution is 2.35. The number of hydrogen-bond acceptors (Lipinski definition) is 3. The molecule has 0 aromatic heterocycles. The average molecular weight is 211 g/mol. The SMILES string of the molecule is CC1CC(CN)(N(C)CC2CC2)CN1C. The summed E-state index contributed by atoms with van der Waals surface area (Å²) in [6, 6.07) is 0.676. The molecule has 0 aromatic carbocycles. The third kappa shape index (κ3) is 2.19. The van der Waals surface area contributed by atoms with E-state index in [-0.39, 0.29) is 5.54 Å². The Hall–Kier alpha value is -0.120. The zero-order chi connectivity index (χ0) is 11.1. The molecule has 3 nitrogen and oxygen atoms in total. The molecule has 2 aliphatic rings. The van der Waals surface area contributed by atoms with Gasteiger partial charge < -0.3 is 10.6 Å². The van der Waals surface area contributed by atoms with Crippen molar-refractivity contribution >= 4 is 0 Å². The third-order valence-corrected chi connectivity index (χ3v) is 4.39. The molecule has 0 amide bonds. The Balaban J connectivity index is 2.00. The maximum absolute atomic E-state index is 6.02. The average Bonchev–Trinajstić information content (AvgIpc) is 2.94. The van der Waals surface area contributed by atoms with E-state index in [0.29, 0.717) is 6.04 Å². The summed E-state index contributed by atoms with van der Waals surface area (Å²) in [5, 5.41) is 0. The van der Waals surface area contributed by atoms with Crippen molar-refractivity contribution in [2.45, 2.75) is 37.8 Å². The quantitative estimate of drug-likeness (QED) is 0.745. The lowest BCUT2D eigenvalue weighted by Crippen LogP contribution is -2.54. The fourth-order valence-corrected chi connectivity index (χ4v) is 2.85. The van der Waals surface area contributed by atoms with E-state index in [0.717, 1.165) is 19.0 Å². The molecule has 2 atom stereocenters. The van der Waals surface area contributed by atoms with Gasteiger partial charge in [0.15, 0.2) is 0 Å². The smallest absolute Gasteiger partial charge is 0.0470 e. The molecule has 2 N–H and O–H groups in total. The first kappa shape index (κ1) is 11.4. The second kappa shape index (κ2) is 4.04. The van der Waals surface area contributed by atoms with Crippen LogP contribution in [0, 0.1) is 5.92 Å². The van der Waals surface area contributed by atoms with Gasteiger partial charge in [-0.1, -0.05) is 0 Å². The van der Waals surface area contributed by atoms with E-state index in [1.54, 1.807) is 0 Å². The highest BCUT2D eigenvalue weighted by Gasteiger charge is 2.43. The Bertz CT molecular complexity index is 215. The molecule has 88 valence electrons. The van der Waals surface area contributed by atoms with Crippen molar-refractivity contribution < 1.29 is 0 Å². The number of nitrogens with zero attached hydrogens (tertiary/aromatic N) is 2.